The van der Waals surface area contributed by atoms with E-state index in [0.29, 0.717) is 23.3 Å². The fourth-order valence-electron chi connectivity index (χ4n) is 4.45. The molecule has 0 aliphatic carbocycles. The molecule has 1 aliphatic heterocycles. The number of allylic oxidation sites excluding steroid dienone is 2. The van der Waals surface area contributed by atoms with Crippen LogP contribution in [0, 0.1) is 12.8 Å². The molecule has 0 spiro atoms. The number of methoxy groups -OCH3 is 1. The van der Waals surface area contributed by atoms with E-state index in [1.165, 1.54) is 21.0 Å². The van der Waals surface area contributed by atoms with E-state index in [1.807, 2.05) is 13.0 Å². The molecule has 0 bridgehead atoms. The molecule has 232 valence electrons. The van der Waals surface area contributed by atoms with E-state index in [0.717, 1.165) is 11.1 Å². The van der Waals surface area contributed by atoms with E-state index in [2.05, 4.69) is 0 Å². The first-order valence-corrected chi connectivity index (χ1v) is 13.7. The Labute approximate surface area is 245 Å². The van der Waals surface area contributed by atoms with Crippen LogP contribution in [0.5, 0.6) is 11.5 Å². The summed E-state index contributed by atoms with van der Waals surface area (Å²) < 4.78 is 31.1. The number of rotatable bonds is 15. The molecule has 2 unspecified atom stereocenters. The van der Waals surface area contributed by atoms with Gasteiger partial charge in [0.15, 0.2) is 6.10 Å². The third kappa shape index (κ3) is 9.78. The molecular weight excluding hydrogens is 552 g/mol. The minimum atomic E-state index is -0.961. The molecule has 0 radical (unpaired) electrons. The molecule has 2 atom stereocenters. The van der Waals surface area contributed by atoms with Crippen molar-refractivity contribution in [2.24, 2.45) is 5.92 Å². The minimum absolute atomic E-state index is 0.0895. The van der Waals surface area contributed by atoms with E-state index in [4.69, 9.17) is 28.4 Å². The van der Waals surface area contributed by atoms with E-state index >= 15 is 0 Å². The van der Waals surface area contributed by atoms with Gasteiger partial charge in [0.05, 0.1) is 19.1 Å². The van der Waals surface area contributed by atoms with Crippen LogP contribution < -0.4 is 4.74 Å². The normalized spacial score (nSPS) is 14.0. The molecule has 0 saturated heterocycles. The quantitative estimate of drug-likeness (QED) is 0.179. The van der Waals surface area contributed by atoms with Gasteiger partial charge < -0.3 is 33.5 Å². The van der Waals surface area contributed by atoms with Crippen LogP contribution >= 0.6 is 0 Å². The highest BCUT2D eigenvalue weighted by Gasteiger charge is 2.32. The van der Waals surface area contributed by atoms with Gasteiger partial charge in [0.25, 0.3) is 0 Å². The zero-order chi connectivity index (χ0) is 31.6. The van der Waals surface area contributed by atoms with Crippen LogP contribution in [0.3, 0.4) is 0 Å². The smallest absolute Gasteiger partial charge is 0.342 e. The molecule has 1 heterocycles. The monoisotopic (exact) mass is 592 g/mol. The number of carbonyl (C=O) groups excluding carboxylic acids is 5. The van der Waals surface area contributed by atoms with Crippen LogP contribution in [0.4, 0.5) is 0 Å². The van der Waals surface area contributed by atoms with Crippen molar-refractivity contribution in [3.05, 3.63) is 33.9 Å². The maximum Gasteiger partial charge on any atom is 0.342 e. The summed E-state index contributed by atoms with van der Waals surface area (Å²) in [6.45, 7) is 8.90. The second-order valence-electron chi connectivity index (χ2n) is 10.3. The standard InChI is InChI=1S/C30H40O12/c1-16(8-10-23-27(34)26-24(15-40-30(26)36)19(4)28(23)37-7)9-11-25(33)41-18(3)12-17(2)29(35)42-22(13-38-20(5)31)14-39-21(6)32/h8,17-18,22,34H,9-15H2,1-7H3/b16-8+. The third-order valence-electron chi connectivity index (χ3n) is 6.67. The second-order valence-corrected chi connectivity index (χ2v) is 10.3. The minimum Gasteiger partial charge on any atom is -0.507 e. The second kappa shape index (κ2) is 15.8. The number of aromatic hydroxyl groups is 1. The number of benzene rings is 1. The Balaban J connectivity index is 1.88. The van der Waals surface area contributed by atoms with Crippen LogP contribution in [0.15, 0.2) is 11.6 Å². The molecule has 12 nitrogen and oxygen atoms in total. The van der Waals surface area contributed by atoms with Gasteiger partial charge >= 0.3 is 29.8 Å². The molecular formula is C30H40O12. The summed E-state index contributed by atoms with van der Waals surface area (Å²) in [5, 5.41) is 10.7. The zero-order valence-corrected chi connectivity index (χ0v) is 25.2. The fraction of sp³-hybridized carbons (Fsp3) is 0.567. The first-order valence-electron chi connectivity index (χ1n) is 13.7. The van der Waals surface area contributed by atoms with Crippen molar-refractivity contribution < 1.29 is 57.5 Å². The summed E-state index contributed by atoms with van der Waals surface area (Å²) in [7, 11) is 1.49. The van der Waals surface area contributed by atoms with Gasteiger partial charge in [0.1, 0.15) is 36.9 Å². The Morgan fingerprint density at radius 3 is 2.19 bits per heavy atom. The highest BCUT2D eigenvalue weighted by atomic mass is 16.6. The fourth-order valence-corrected chi connectivity index (χ4v) is 4.45. The van der Waals surface area contributed by atoms with Crippen LogP contribution in [0.25, 0.3) is 0 Å². The first kappa shape index (κ1) is 34.1. The van der Waals surface area contributed by atoms with Gasteiger partial charge in [-0.15, -0.1) is 0 Å². The Hall–Kier alpha value is -4.09. The van der Waals surface area contributed by atoms with E-state index < -0.39 is 48.0 Å². The molecule has 0 aromatic heterocycles. The first-order chi connectivity index (χ1) is 19.7. The van der Waals surface area contributed by atoms with Crippen molar-refractivity contribution in [3.8, 4) is 11.5 Å². The van der Waals surface area contributed by atoms with Crippen LogP contribution in [-0.2, 0) is 55.9 Å². The Morgan fingerprint density at radius 1 is 1.00 bits per heavy atom. The van der Waals surface area contributed by atoms with Crippen molar-refractivity contribution in [2.45, 2.75) is 86.0 Å². The Bertz CT molecular complexity index is 1200. The van der Waals surface area contributed by atoms with Gasteiger partial charge in [-0.1, -0.05) is 18.6 Å². The molecule has 0 fully saturated rings. The lowest BCUT2D eigenvalue weighted by molar-refractivity contribution is -0.169. The Kier molecular flexibility index (Phi) is 12.8. The summed E-state index contributed by atoms with van der Waals surface area (Å²) in [6.07, 6.45) is 1.26. The molecule has 42 heavy (non-hydrogen) atoms. The molecule has 1 aliphatic rings. The number of hydrogen-bond donors (Lipinski definition) is 1. The number of carbonyl (C=O) groups is 5. The van der Waals surface area contributed by atoms with Gasteiger partial charge in [0.2, 0.25) is 0 Å². The van der Waals surface area contributed by atoms with Crippen molar-refractivity contribution in [1.29, 1.82) is 0 Å². The third-order valence-corrected chi connectivity index (χ3v) is 6.67. The van der Waals surface area contributed by atoms with Gasteiger partial charge in [-0.3, -0.25) is 19.2 Å². The lowest BCUT2D eigenvalue weighted by Crippen LogP contribution is -2.33. The largest absolute Gasteiger partial charge is 0.507 e. The van der Waals surface area contributed by atoms with Gasteiger partial charge in [-0.05, 0) is 45.6 Å². The summed E-state index contributed by atoms with van der Waals surface area (Å²) in [5.74, 6) is -3.10. The molecule has 0 amide bonds. The number of phenolic OH excluding ortho intramolecular Hbond substituents is 1. The van der Waals surface area contributed by atoms with Crippen molar-refractivity contribution in [3.63, 3.8) is 0 Å². The molecule has 1 N–H and O–H groups in total. The van der Waals surface area contributed by atoms with Gasteiger partial charge in [-0.25, -0.2) is 4.79 Å². The number of esters is 5. The van der Waals surface area contributed by atoms with Crippen molar-refractivity contribution in [2.75, 3.05) is 20.3 Å². The number of hydrogen-bond acceptors (Lipinski definition) is 12. The predicted molar refractivity (Wildman–Crippen MR) is 148 cm³/mol. The Morgan fingerprint density at radius 2 is 1.62 bits per heavy atom. The summed E-state index contributed by atoms with van der Waals surface area (Å²) in [5.41, 5.74) is 2.84. The molecule has 0 saturated carbocycles. The molecule has 1 aromatic rings. The zero-order valence-electron chi connectivity index (χ0n) is 25.2. The average molecular weight is 593 g/mol. The topological polar surface area (TPSA) is 161 Å². The van der Waals surface area contributed by atoms with Gasteiger partial charge in [-0.2, -0.15) is 0 Å². The van der Waals surface area contributed by atoms with Crippen LogP contribution in [0.1, 0.15) is 80.9 Å². The number of ether oxygens (including phenoxy) is 6. The van der Waals surface area contributed by atoms with E-state index in [9.17, 15) is 29.1 Å². The summed E-state index contributed by atoms with van der Waals surface area (Å²) in [6, 6.07) is 0. The lowest BCUT2D eigenvalue weighted by Gasteiger charge is -2.21. The SMILES string of the molecule is COc1c(C)c2c(c(O)c1C/C=C(\C)CCC(=O)OC(C)CC(C)C(=O)OC(COC(C)=O)COC(C)=O)C(=O)OC2. The van der Waals surface area contributed by atoms with Crippen molar-refractivity contribution >= 4 is 29.8 Å². The number of fused-ring (bicyclic) bond motifs is 1. The van der Waals surface area contributed by atoms with Crippen LogP contribution in [0.2, 0.25) is 0 Å². The maximum absolute atomic E-state index is 12.5. The molecule has 1 aromatic carbocycles. The summed E-state index contributed by atoms with van der Waals surface area (Å²) >= 11 is 0. The molecule has 12 heteroatoms. The van der Waals surface area contributed by atoms with E-state index in [1.54, 1.807) is 20.8 Å². The van der Waals surface area contributed by atoms with Gasteiger partial charge in [0, 0.05) is 31.4 Å². The lowest BCUT2D eigenvalue weighted by atomic mass is 9.94. The average Bonchev–Trinajstić information content (AvgIpc) is 3.31. The summed E-state index contributed by atoms with van der Waals surface area (Å²) in [4.78, 5) is 59.3. The highest BCUT2D eigenvalue weighted by Crippen LogP contribution is 2.42. The van der Waals surface area contributed by atoms with Crippen molar-refractivity contribution in [1.82, 2.24) is 0 Å². The van der Waals surface area contributed by atoms with Crippen LogP contribution in [-0.4, -0.2) is 67.5 Å². The highest BCUT2D eigenvalue weighted by molar-refractivity contribution is 5.98. The number of cyclic esters (lactones) is 1. The van der Waals surface area contributed by atoms with E-state index in [-0.39, 0.29) is 50.4 Å². The number of phenols is 1. The predicted octanol–water partition coefficient (Wildman–Crippen LogP) is 3.64. The molecule has 2 rings (SSSR count). The maximum atomic E-state index is 12.5.